The van der Waals surface area contributed by atoms with Crippen molar-refractivity contribution < 1.29 is 9.53 Å². The third kappa shape index (κ3) is 4.85. The van der Waals surface area contributed by atoms with Gasteiger partial charge in [0.05, 0.1) is 12.7 Å². The van der Waals surface area contributed by atoms with E-state index in [1.54, 1.807) is 12.1 Å². The van der Waals surface area contributed by atoms with E-state index in [2.05, 4.69) is 11.8 Å². The highest BCUT2D eigenvalue weighted by Gasteiger charge is 2.23. The number of halogens is 2. The zero-order valence-corrected chi connectivity index (χ0v) is 14.6. The van der Waals surface area contributed by atoms with Crippen molar-refractivity contribution in [3.8, 4) is 0 Å². The second-order valence-corrected chi connectivity index (χ2v) is 6.20. The predicted molar refractivity (Wildman–Crippen MR) is 91.7 cm³/mol. The van der Waals surface area contributed by atoms with Crippen LogP contribution in [0, 0.1) is 5.92 Å². The molecule has 2 unspecified atom stereocenters. The van der Waals surface area contributed by atoms with Crippen LogP contribution in [0.5, 0.6) is 0 Å². The van der Waals surface area contributed by atoms with Crippen LogP contribution in [0.2, 0.25) is 5.02 Å². The number of likely N-dealkylation sites (tertiary alicyclic amines) is 1. The molecule has 1 aliphatic heterocycles. The fourth-order valence-electron chi connectivity index (χ4n) is 2.85. The Balaban J connectivity index is 0.00000242. The number of esters is 1. The van der Waals surface area contributed by atoms with Gasteiger partial charge in [-0.3, -0.25) is 4.90 Å². The van der Waals surface area contributed by atoms with Gasteiger partial charge >= 0.3 is 5.97 Å². The van der Waals surface area contributed by atoms with Gasteiger partial charge in [0.15, 0.2) is 0 Å². The molecule has 0 bridgehead atoms. The summed E-state index contributed by atoms with van der Waals surface area (Å²) in [4.78, 5) is 14.0. The van der Waals surface area contributed by atoms with Crippen LogP contribution in [0.15, 0.2) is 18.2 Å². The lowest BCUT2D eigenvalue weighted by atomic mass is 9.92. The number of ether oxygens (including phenoxy) is 1. The molecule has 1 saturated heterocycles. The van der Waals surface area contributed by atoms with E-state index in [1.807, 2.05) is 6.07 Å². The van der Waals surface area contributed by atoms with Crippen molar-refractivity contribution in [1.29, 1.82) is 0 Å². The van der Waals surface area contributed by atoms with E-state index in [9.17, 15) is 4.79 Å². The lowest BCUT2D eigenvalue weighted by Gasteiger charge is -2.34. The molecule has 124 valence electrons. The number of hydrogen-bond acceptors (Lipinski definition) is 4. The molecule has 0 saturated carbocycles. The SMILES string of the molecule is COC(=O)c1ccc(Cl)c(CN2CCCC(C(C)N)C2)c1.Cl. The van der Waals surface area contributed by atoms with Crippen LogP contribution >= 0.6 is 24.0 Å². The molecule has 0 aromatic heterocycles. The lowest BCUT2D eigenvalue weighted by molar-refractivity contribution is 0.0600. The van der Waals surface area contributed by atoms with Crippen molar-refractivity contribution in [1.82, 2.24) is 4.90 Å². The van der Waals surface area contributed by atoms with Crippen molar-refractivity contribution in [2.45, 2.75) is 32.4 Å². The van der Waals surface area contributed by atoms with Crippen LogP contribution in [0.1, 0.15) is 35.7 Å². The van der Waals surface area contributed by atoms with E-state index in [1.165, 1.54) is 13.5 Å². The summed E-state index contributed by atoms with van der Waals surface area (Å²) in [6.07, 6.45) is 2.34. The van der Waals surface area contributed by atoms with Gasteiger partial charge < -0.3 is 10.5 Å². The van der Waals surface area contributed by atoms with Gasteiger partial charge in [-0.1, -0.05) is 11.6 Å². The number of hydrogen-bond donors (Lipinski definition) is 1. The Kier molecular flexibility index (Phi) is 7.63. The van der Waals surface area contributed by atoms with Gasteiger partial charge in [0.1, 0.15) is 0 Å². The average Bonchev–Trinajstić information content (AvgIpc) is 2.49. The van der Waals surface area contributed by atoms with E-state index >= 15 is 0 Å². The van der Waals surface area contributed by atoms with Gasteiger partial charge in [0.2, 0.25) is 0 Å². The van der Waals surface area contributed by atoms with Crippen molar-refractivity contribution in [2.24, 2.45) is 11.7 Å². The Morgan fingerprint density at radius 3 is 2.91 bits per heavy atom. The molecule has 22 heavy (non-hydrogen) atoms. The van der Waals surface area contributed by atoms with E-state index in [-0.39, 0.29) is 24.4 Å². The predicted octanol–water partition coefficient (Wildman–Crippen LogP) is 3.11. The third-order valence-corrected chi connectivity index (χ3v) is 4.52. The molecule has 0 amide bonds. The van der Waals surface area contributed by atoms with Crippen LogP contribution < -0.4 is 5.73 Å². The molecule has 0 radical (unpaired) electrons. The fraction of sp³-hybridized carbons (Fsp3) is 0.562. The quantitative estimate of drug-likeness (QED) is 0.851. The lowest BCUT2D eigenvalue weighted by Crippen LogP contribution is -2.41. The minimum absolute atomic E-state index is 0. The van der Waals surface area contributed by atoms with Crippen LogP contribution in [0.4, 0.5) is 0 Å². The molecule has 4 nitrogen and oxygen atoms in total. The first-order chi connectivity index (χ1) is 10.0. The molecule has 2 rings (SSSR count). The molecule has 1 aromatic rings. The molecule has 6 heteroatoms. The van der Waals surface area contributed by atoms with Gasteiger partial charge in [0, 0.05) is 24.2 Å². The number of methoxy groups -OCH3 is 1. The number of benzene rings is 1. The molecule has 0 spiro atoms. The molecular weight excluding hydrogens is 323 g/mol. The van der Waals surface area contributed by atoms with Gasteiger partial charge in [-0.2, -0.15) is 0 Å². The Bertz CT molecular complexity index is 509. The summed E-state index contributed by atoms with van der Waals surface area (Å²) in [5.41, 5.74) is 7.52. The van der Waals surface area contributed by atoms with Crippen LogP contribution in [0.25, 0.3) is 0 Å². The highest BCUT2D eigenvalue weighted by molar-refractivity contribution is 6.31. The number of nitrogens with zero attached hydrogens (tertiary/aromatic N) is 1. The largest absolute Gasteiger partial charge is 0.465 e. The number of rotatable bonds is 4. The summed E-state index contributed by atoms with van der Waals surface area (Å²) < 4.78 is 4.76. The maximum Gasteiger partial charge on any atom is 0.337 e. The third-order valence-electron chi connectivity index (χ3n) is 4.15. The van der Waals surface area contributed by atoms with E-state index in [4.69, 9.17) is 22.1 Å². The number of carbonyl (C=O) groups excluding carboxylic acids is 1. The van der Waals surface area contributed by atoms with E-state index < -0.39 is 0 Å². The van der Waals surface area contributed by atoms with Gasteiger partial charge in [-0.25, -0.2) is 4.79 Å². The summed E-state index contributed by atoms with van der Waals surface area (Å²) in [7, 11) is 1.38. The maximum atomic E-state index is 11.6. The summed E-state index contributed by atoms with van der Waals surface area (Å²) in [6, 6.07) is 5.49. The van der Waals surface area contributed by atoms with Gasteiger partial charge in [-0.15, -0.1) is 12.4 Å². The normalized spacial score (nSPS) is 20.1. The second kappa shape index (κ2) is 8.73. The average molecular weight is 347 g/mol. The minimum atomic E-state index is -0.333. The second-order valence-electron chi connectivity index (χ2n) is 5.79. The van der Waals surface area contributed by atoms with Crippen LogP contribution in [-0.4, -0.2) is 37.1 Å². The molecule has 2 atom stereocenters. The standard InChI is InChI=1S/C16H23ClN2O2.ClH/c1-11(18)13-4-3-7-19(9-13)10-14-8-12(16(20)21-2)5-6-15(14)17;/h5-6,8,11,13H,3-4,7,9-10,18H2,1-2H3;1H. The Morgan fingerprint density at radius 1 is 1.55 bits per heavy atom. The smallest absolute Gasteiger partial charge is 0.337 e. The summed E-state index contributed by atoms with van der Waals surface area (Å²) >= 11 is 6.26. The molecular formula is C16H24Cl2N2O2. The Morgan fingerprint density at radius 2 is 2.27 bits per heavy atom. The number of carbonyl (C=O) groups is 1. The fourth-order valence-corrected chi connectivity index (χ4v) is 3.02. The monoisotopic (exact) mass is 346 g/mol. The zero-order chi connectivity index (χ0) is 15.4. The minimum Gasteiger partial charge on any atom is -0.465 e. The molecule has 1 aromatic carbocycles. The van der Waals surface area contributed by atoms with E-state index in [0.29, 0.717) is 16.5 Å². The Hall–Kier alpha value is -0.810. The summed E-state index contributed by atoms with van der Waals surface area (Å²) in [5, 5.41) is 0.686. The highest BCUT2D eigenvalue weighted by Crippen LogP contribution is 2.24. The first kappa shape index (κ1) is 19.2. The molecule has 1 heterocycles. The number of piperidine rings is 1. The zero-order valence-electron chi connectivity index (χ0n) is 13.0. The molecule has 0 aliphatic carbocycles. The van der Waals surface area contributed by atoms with Crippen LogP contribution in [0.3, 0.4) is 0 Å². The molecule has 1 fully saturated rings. The first-order valence-electron chi connectivity index (χ1n) is 7.36. The van der Waals surface area contributed by atoms with Crippen molar-refractivity contribution >= 4 is 30.0 Å². The maximum absolute atomic E-state index is 11.6. The molecule has 1 aliphatic rings. The highest BCUT2D eigenvalue weighted by atomic mass is 35.5. The van der Waals surface area contributed by atoms with Gasteiger partial charge in [0.25, 0.3) is 0 Å². The molecule has 2 N–H and O–H groups in total. The summed E-state index contributed by atoms with van der Waals surface area (Å²) in [5.74, 6) is 0.196. The van der Waals surface area contributed by atoms with E-state index in [0.717, 1.165) is 31.6 Å². The first-order valence-corrected chi connectivity index (χ1v) is 7.73. The number of nitrogens with two attached hydrogens (primary N) is 1. The van der Waals surface area contributed by atoms with Crippen LogP contribution in [-0.2, 0) is 11.3 Å². The van der Waals surface area contributed by atoms with Crippen molar-refractivity contribution in [2.75, 3.05) is 20.2 Å². The summed E-state index contributed by atoms with van der Waals surface area (Å²) in [6.45, 7) is 4.84. The Labute approximate surface area is 143 Å². The topological polar surface area (TPSA) is 55.6 Å². The van der Waals surface area contributed by atoms with Crippen molar-refractivity contribution in [3.63, 3.8) is 0 Å². The van der Waals surface area contributed by atoms with Crippen molar-refractivity contribution in [3.05, 3.63) is 34.3 Å². The van der Waals surface area contributed by atoms with Gasteiger partial charge in [-0.05, 0) is 56.0 Å².